The summed E-state index contributed by atoms with van der Waals surface area (Å²) in [6, 6.07) is 20.6. The number of likely N-dealkylation sites (tertiary alicyclic amines) is 1. The van der Waals surface area contributed by atoms with E-state index in [1.807, 2.05) is 31.2 Å². The average Bonchev–Trinajstić information content (AvgIpc) is 3.19. The quantitative estimate of drug-likeness (QED) is 0.274. The van der Waals surface area contributed by atoms with Gasteiger partial charge in [-0.1, -0.05) is 68.3 Å². The molecule has 8 nitrogen and oxygen atoms in total. The summed E-state index contributed by atoms with van der Waals surface area (Å²) in [6.45, 7) is 1.99. The first-order valence-corrected chi connectivity index (χ1v) is 13.0. The Balaban J connectivity index is 1.36. The van der Waals surface area contributed by atoms with Crippen molar-refractivity contribution in [1.29, 1.82) is 0 Å². The molecule has 0 unspecified atom stereocenters. The largest absolute Gasteiger partial charge is 0.324 e. The van der Waals surface area contributed by atoms with Crippen LogP contribution in [-0.2, 0) is 14.4 Å². The van der Waals surface area contributed by atoms with E-state index >= 15 is 0 Å². The van der Waals surface area contributed by atoms with Crippen LogP contribution < -0.4 is 5.32 Å². The smallest absolute Gasteiger partial charge is 0.269 e. The molecule has 2 bridgehead atoms. The molecule has 1 fully saturated rings. The van der Waals surface area contributed by atoms with Crippen molar-refractivity contribution in [3.05, 3.63) is 105 Å². The van der Waals surface area contributed by atoms with E-state index < -0.39 is 28.7 Å². The number of nitrogens with zero attached hydrogens (tertiary/aromatic N) is 2. The number of imide groups is 1. The monoisotopic (exact) mass is 509 g/mol. The number of nitro benzene ring substituents is 1. The Labute approximate surface area is 219 Å². The SMILES string of the molecule is CCCC[C@H](C(=O)Nc1ccc([N+](=O)[O-])cc1)N1C(=O)[C@@H]2C3c4ccccc4C(c4ccccc43)[C@@H]2C1=O. The van der Waals surface area contributed by atoms with Crippen molar-refractivity contribution >= 4 is 29.1 Å². The van der Waals surface area contributed by atoms with Crippen molar-refractivity contribution in [2.24, 2.45) is 11.8 Å². The van der Waals surface area contributed by atoms with Crippen LogP contribution in [0, 0.1) is 22.0 Å². The first-order valence-electron chi connectivity index (χ1n) is 13.0. The molecule has 1 heterocycles. The molecule has 1 saturated heterocycles. The fourth-order valence-corrected chi connectivity index (χ4v) is 6.67. The molecule has 38 heavy (non-hydrogen) atoms. The van der Waals surface area contributed by atoms with E-state index in [0.717, 1.165) is 28.7 Å². The van der Waals surface area contributed by atoms with E-state index in [1.54, 1.807) is 0 Å². The maximum atomic E-state index is 14.1. The molecule has 3 aromatic carbocycles. The zero-order valence-electron chi connectivity index (χ0n) is 20.9. The molecule has 1 aliphatic heterocycles. The first kappa shape index (κ1) is 24.0. The summed E-state index contributed by atoms with van der Waals surface area (Å²) in [5.41, 5.74) is 4.62. The zero-order valence-corrected chi connectivity index (χ0v) is 20.9. The van der Waals surface area contributed by atoms with Crippen molar-refractivity contribution in [1.82, 2.24) is 4.90 Å². The predicted molar refractivity (Wildman–Crippen MR) is 140 cm³/mol. The Morgan fingerprint density at radius 3 is 1.76 bits per heavy atom. The number of amides is 3. The molecule has 0 spiro atoms. The van der Waals surface area contributed by atoms with Gasteiger partial charge in [0.05, 0.1) is 16.8 Å². The lowest BCUT2D eigenvalue weighted by atomic mass is 9.55. The molecule has 3 amide bonds. The highest BCUT2D eigenvalue weighted by Crippen LogP contribution is 2.61. The molecule has 4 aliphatic rings. The number of anilines is 1. The third-order valence-electron chi connectivity index (χ3n) is 8.27. The van der Waals surface area contributed by atoms with Crippen LogP contribution in [0.15, 0.2) is 72.8 Å². The van der Waals surface area contributed by atoms with Gasteiger partial charge in [-0.15, -0.1) is 0 Å². The average molecular weight is 510 g/mol. The highest BCUT2D eigenvalue weighted by molar-refractivity contribution is 6.11. The van der Waals surface area contributed by atoms with Crippen molar-refractivity contribution in [2.75, 3.05) is 5.32 Å². The molecule has 0 radical (unpaired) electrons. The van der Waals surface area contributed by atoms with Crippen LogP contribution >= 0.6 is 0 Å². The topological polar surface area (TPSA) is 110 Å². The third-order valence-corrected chi connectivity index (χ3v) is 8.27. The van der Waals surface area contributed by atoms with Gasteiger partial charge in [-0.2, -0.15) is 0 Å². The van der Waals surface area contributed by atoms with Gasteiger partial charge in [-0.25, -0.2) is 0 Å². The number of non-ortho nitro benzene ring substituents is 1. The molecule has 3 aliphatic carbocycles. The zero-order chi connectivity index (χ0) is 26.6. The van der Waals surface area contributed by atoms with Crippen LogP contribution in [0.3, 0.4) is 0 Å². The molecule has 192 valence electrons. The Morgan fingerprint density at radius 2 is 1.34 bits per heavy atom. The van der Waals surface area contributed by atoms with Gasteiger partial charge < -0.3 is 5.32 Å². The van der Waals surface area contributed by atoms with Gasteiger partial charge in [-0.3, -0.25) is 29.4 Å². The van der Waals surface area contributed by atoms with Gasteiger partial charge in [0, 0.05) is 29.7 Å². The minimum absolute atomic E-state index is 0.0888. The number of nitro groups is 1. The van der Waals surface area contributed by atoms with Crippen molar-refractivity contribution in [3.63, 3.8) is 0 Å². The highest BCUT2D eigenvalue weighted by atomic mass is 16.6. The molecular weight excluding hydrogens is 482 g/mol. The lowest BCUT2D eigenvalue weighted by Gasteiger charge is -2.45. The number of hydrogen-bond acceptors (Lipinski definition) is 5. The number of carbonyl (C=O) groups is 3. The number of carbonyl (C=O) groups excluding carboxylic acids is 3. The number of unbranched alkanes of at least 4 members (excludes halogenated alkanes) is 1. The highest BCUT2D eigenvalue weighted by Gasteiger charge is 2.62. The van der Waals surface area contributed by atoms with Crippen LogP contribution in [-0.4, -0.2) is 33.6 Å². The second-order valence-corrected chi connectivity index (χ2v) is 10.3. The van der Waals surface area contributed by atoms with E-state index in [4.69, 9.17) is 0 Å². The van der Waals surface area contributed by atoms with E-state index in [9.17, 15) is 24.5 Å². The van der Waals surface area contributed by atoms with Gasteiger partial charge >= 0.3 is 0 Å². The fourth-order valence-electron chi connectivity index (χ4n) is 6.67. The molecule has 0 saturated carbocycles. The predicted octanol–water partition coefficient (Wildman–Crippen LogP) is 4.98. The summed E-state index contributed by atoms with van der Waals surface area (Å²) in [7, 11) is 0. The normalized spacial score (nSPS) is 23.4. The molecule has 0 aromatic heterocycles. The van der Waals surface area contributed by atoms with E-state index in [0.29, 0.717) is 18.5 Å². The fraction of sp³-hybridized carbons (Fsp3) is 0.300. The lowest BCUT2D eigenvalue weighted by Crippen LogP contribution is -2.48. The molecule has 7 rings (SSSR count). The van der Waals surface area contributed by atoms with Crippen LogP contribution in [0.1, 0.15) is 60.3 Å². The van der Waals surface area contributed by atoms with Crippen LogP contribution in [0.4, 0.5) is 11.4 Å². The first-order chi connectivity index (χ1) is 18.4. The molecular formula is C30H27N3O5. The number of nitrogens with one attached hydrogen (secondary N) is 1. The number of hydrogen-bond donors (Lipinski definition) is 1. The molecule has 3 aromatic rings. The summed E-state index contributed by atoms with van der Waals surface area (Å²) < 4.78 is 0. The van der Waals surface area contributed by atoms with Gasteiger partial charge in [0.2, 0.25) is 17.7 Å². The summed E-state index contributed by atoms with van der Waals surface area (Å²) in [5, 5.41) is 13.8. The van der Waals surface area contributed by atoms with Crippen LogP contribution in [0.2, 0.25) is 0 Å². The van der Waals surface area contributed by atoms with Gasteiger partial charge in [0.15, 0.2) is 0 Å². The van der Waals surface area contributed by atoms with Crippen molar-refractivity contribution in [2.45, 2.75) is 44.1 Å². The third kappa shape index (κ3) is 3.55. The minimum atomic E-state index is -0.957. The standard InChI is InChI=1S/C30H27N3O5/c1-2-3-12-23(28(34)31-17-13-15-18(16-14-17)33(37)38)32-29(35)26-24-19-8-4-5-9-20(19)25(27(26)30(32)36)22-11-7-6-10-21(22)24/h4-11,13-16,23-27H,2-3,12H2,1H3,(H,31,34)/t23-,24?,25?,26-,27+/m1/s1. The van der Waals surface area contributed by atoms with Crippen LogP contribution in [0.25, 0.3) is 0 Å². The maximum absolute atomic E-state index is 14.1. The summed E-state index contributed by atoms with van der Waals surface area (Å²) in [6.07, 6.45) is 1.81. The Morgan fingerprint density at radius 1 is 0.868 bits per heavy atom. The Hall–Kier alpha value is -4.33. The maximum Gasteiger partial charge on any atom is 0.269 e. The van der Waals surface area contributed by atoms with Crippen LogP contribution in [0.5, 0.6) is 0 Å². The summed E-state index contributed by atoms with van der Waals surface area (Å²) in [4.78, 5) is 53.4. The summed E-state index contributed by atoms with van der Waals surface area (Å²) >= 11 is 0. The Bertz CT molecular complexity index is 1350. The second-order valence-electron chi connectivity index (χ2n) is 10.3. The van der Waals surface area contributed by atoms with Gasteiger partial charge in [-0.05, 0) is 40.8 Å². The van der Waals surface area contributed by atoms with E-state index in [1.165, 1.54) is 29.2 Å². The number of benzene rings is 3. The van der Waals surface area contributed by atoms with E-state index in [-0.39, 0.29) is 29.3 Å². The van der Waals surface area contributed by atoms with Crippen molar-refractivity contribution in [3.8, 4) is 0 Å². The van der Waals surface area contributed by atoms with Crippen molar-refractivity contribution < 1.29 is 19.3 Å². The van der Waals surface area contributed by atoms with E-state index in [2.05, 4.69) is 29.6 Å². The molecule has 8 heteroatoms. The minimum Gasteiger partial charge on any atom is -0.324 e. The molecule has 3 atom stereocenters. The second kappa shape index (κ2) is 9.20. The number of rotatable bonds is 7. The lowest BCUT2D eigenvalue weighted by molar-refractivity contribution is -0.384. The summed E-state index contributed by atoms with van der Waals surface area (Å²) in [5.74, 6) is -2.61. The molecule has 1 N–H and O–H groups in total. The van der Waals surface area contributed by atoms with Gasteiger partial charge in [0.25, 0.3) is 5.69 Å². The Kier molecular flexibility index (Phi) is 5.82. The van der Waals surface area contributed by atoms with Gasteiger partial charge in [0.1, 0.15) is 6.04 Å².